The third kappa shape index (κ3) is 3.30. The van der Waals surface area contributed by atoms with Gasteiger partial charge < -0.3 is 9.67 Å². The molecule has 1 atom stereocenters. The molecule has 3 aromatic rings. The molecule has 2 N–H and O–H groups in total. The number of fused-ring (bicyclic) bond motifs is 3. The van der Waals surface area contributed by atoms with E-state index in [1.165, 1.54) is 38.1 Å². The summed E-state index contributed by atoms with van der Waals surface area (Å²) in [5, 5.41) is 21.0. The summed E-state index contributed by atoms with van der Waals surface area (Å²) in [6.07, 6.45) is 0. The molecule has 0 spiro atoms. The number of nitrogens with zero attached hydrogens (tertiary/aromatic N) is 2. The fourth-order valence-electron chi connectivity index (χ4n) is 3.75. The number of sulfonamides is 1. The Morgan fingerprint density at radius 3 is 2.00 bits per heavy atom. The highest BCUT2D eigenvalue weighted by atomic mass is 32.2. The van der Waals surface area contributed by atoms with Gasteiger partial charge in [0.15, 0.2) is 0 Å². The number of nitrogens with one attached hydrogen (secondary N) is 1. The highest BCUT2D eigenvalue weighted by Gasteiger charge is 2.37. The van der Waals surface area contributed by atoms with Crippen LogP contribution in [0.1, 0.15) is 13.8 Å². The van der Waals surface area contributed by atoms with Gasteiger partial charge in [-0.3, -0.25) is 5.41 Å². The Morgan fingerprint density at radius 1 is 1.03 bits per heavy atom. The van der Waals surface area contributed by atoms with E-state index in [9.17, 15) is 22.3 Å². The van der Waals surface area contributed by atoms with Crippen molar-refractivity contribution in [3.63, 3.8) is 0 Å². The number of aliphatic hydroxyl groups is 1. The third-order valence-corrected chi connectivity index (χ3v) is 6.61. The van der Waals surface area contributed by atoms with Crippen LogP contribution in [0.25, 0.3) is 21.8 Å². The first-order valence-electron chi connectivity index (χ1n) is 8.88. The molecule has 0 amide bonds. The Hall–Kier alpha value is -2.78. The Labute approximate surface area is 166 Å². The minimum absolute atomic E-state index is 0.0391. The second-order valence-corrected chi connectivity index (χ2v) is 9.31. The fourth-order valence-corrected chi connectivity index (χ4v) is 5.30. The van der Waals surface area contributed by atoms with Gasteiger partial charge >= 0.3 is 0 Å². The van der Waals surface area contributed by atoms with E-state index in [-0.39, 0.29) is 18.9 Å². The number of halogens is 2. The van der Waals surface area contributed by atoms with Crippen molar-refractivity contribution in [1.82, 2.24) is 8.87 Å². The molecule has 1 aromatic heterocycles. The van der Waals surface area contributed by atoms with Gasteiger partial charge in [0, 0.05) is 27.4 Å². The SMILES string of the molecule is CC1=CS(=O)(=O)N(CC(C)(O)Cn2c3ccc(F)cc3c3cc(F)ccc32)C1=N. The van der Waals surface area contributed by atoms with Crippen molar-refractivity contribution < 1.29 is 22.3 Å². The molecule has 6 nitrogen and oxygen atoms in total. The number of hydrogen-bond donors (Lipinski definition) is 2. The first-order chi connectivity index (χ1) is 13.5. The second kappa shape index (κ2) is 6.36. The van der Waals surface area contributed by atoms with Gasteiger partial charge in [-0.15, -0.1) is 0 Å². The summed E-state index contributed by atoms with van der Waals surface area (Å²) in [5.41, 5.74) is -0.0927. The van der Waals surface area contributed by atoms with E-state index in [1.807, 2.05) is 0 Å². The smallest absolute Gasteiger partial charge is 0.259 e. The molecule has 152 valence electrons. The molecular weight excluding hydrogens is 400 g/mol. The van der Waals surface area contributed by atoms with E-state index in [0.717, 1.165) is 9.71 Å². The number of amidine groups is 1. The lowest BCUT2D eigenvalue weighted by Gasteiger charge is -2.30. The summed E-state index contributed by atoms with van der Waals surface area (Å²) in [4.78, 5) is 0. The predicted octanol–water partition coefficient (Wildman–Crippen LogP) is 3.35. The van der Waals surface area contributed by atoms with Crippen molar-refractivity contribution in [1.29, 1.82) is 5.41 Å². The molecule has 1 unspecified atom stereocenters. The van der Waals surface area contributed by atoms with Crippen molar-refractivity contribution in [3.8, 4) is 0 Å². The Morgan fingerprint density at radius 2 is 1.55 bits per heavy atom. The van der Waals surface area contributed by atoms with E-state index in [4.69, 9.17) is 5.41 Å². The van der Waals surface area contributed by atoms with Crippen LogP contribution in [-0.4, -0.2) is 40.4 Å². The zero-order chi connectivity index (χ0) is 21.1. The van der Waals surface area contributed by atoms with E-state index < -0.39 is 27.3 Å². The minimum Gasteiger partial charge on any atom is -0.386 e. The van der Waals surface area contributed by atoms with Crippen LogP contribution in [0, 0.1) is 17.0 Å². The van der Waals surface area contributed by atoms with Crippen LogP contribution in [0.2, 0.25) is 0 Å². The summed E-state index contributed by atoms with van der Waals surface area (Å²) in [7, 11) is -3.82. The molecular formula is C20H19F2N3O3S. The normalized spacial score (nSPS) is 18.4. The first-order valence-corrected chi connectivity index (χ1v) is 10.4. The van der Waals surface area contributed by atoms with E-state index in [0.29, 0.717) is 27.4 Å². The quantitative estimate of drug-likeness (QED) is 0.680. The summed E-state index contributed by atoms with van der Waals surface area (Å²) < 4.78 is 54.7. The van der Waals surface area contributed by atoms with Crippen molar-refractivity contribution in [2.24, 2.45) is 0 Å². The molecule has 0 bridgehead atoms. The third-order valence-electron chi connectivity index (χ3n) is 5.03. The highest BCUT2D eigenvalue weighted by Crippen LogP contribution is 2.32. The standard InChI is InChI=1S/C20H19F2N3O3S/c1-12-9-29(27,28)25(19(12)23)11-20(2,26)10-24-17-5-3-13(21)7-15(17)16-8-14(22)4-6-18(16)24/h3-9,23,26H,10-11H2,1-2H3. The maximum Gasteiger partial charge on any atom is 0.259 e. The van der Waals surface area contributed by atoms with Gasteiger partial charge in [0.05, 0.1) is 24.1 Å². The molecule has 0 fully saturated rings. The topological polar surface area (TPSA) is 86.4 Å². The molecule has 0 radical (unpaired) electrons. The molecule has 2 heterocycles. The summed E-state index contributed by atoms with van der Waals surface area (Å²) in [5.74, 6) is -1.12. The minimum atomic E-state index is -3.82. The summed E-state index contributed by atoms with van der Waals surface area (Å²) in [6.45, 7) is 2.62. The van der Waals surface area contributed by atoms with Gasteiger partial charge in [0.25, 0.3) is 10.0 Å². The van der Waals surface area contributed by atoms with Crippen molar-refractivity contribution in [2.75, 3.05) is 6.54 Å². The molecule has 29 heavy (non-hydrogen) atoms. The molecule has 1 aliphatic heterocycles. The van der Waals surface area contributed by atoms with Gasteiger partial charge in [0.1, 0.15) is 17.5 Å². The lowest BCUT2D eigenvalue weighted by molar-refractivity contribution is 0.0361. The molecule has 0 saturated heterocycles. The summed E-state index contributed by atoms with van der Waals surface area (Å²) >= 11 is 0. The van der Waals surface area contributed by atoms with E-state index >= 15 is 0 Å². The monoisotopic (exact) mass is 419 g/mol. The van der Waals surface area contributed by atoms with Crippen LogP contribution in [0.15, 0.2) is 47.4 Å². The number of rotatable bonds is 4. The second-order valence-electron chi connectivity index (χ2n) is 7.61. The van der Waals surface area contributed by atoms with Gasteiger partial charge in [-0.05, 0) is 50.2 Å². The number of aromatic nitrogens is 1. The Balaban J connectivity index is 1.78. The lowest BCUT2D eigenvalue weighted by Crippen LogP contribution is -2.46. The first kappa shape index (κ1) is 19.5. The lowest BCUT2D eigenvalue weighted by atomic mass is 10.1. The Kier molecular flexibility index (Phi) is 4.29. The van der Waals surface area contributed by atoms with Crippen LogP contribution in [0.3, 0.4) is 0 Å². The van der Waals surface area contributed by atoms with Crippen LogP contribution >= 0.6 is 0 Å². The van der Waals surface area contributed by atoms with E-state index in [1.54, 1.807) is 16.7 Å². The molecule has 2 aromatic carbocycles. The predicted molar refractivity (Wildman–Crippen MR) is 107 cm³/mol. The zero-order valence-corrected chi connectivity index (χ0v) is 16.6. The van der Waals surface area contributed by atoms with Gasteiger partial charge in [-0.2, -0.15) is 0 Å². The zero-order valence-electron chi connectivity index (χ0n) is 15.8. The van der Waals surface area contributed by atoms with Crippen LogP contribution in [-0.2, 0) is 16.6 Å². The maximum absolute atomic E-state index is 13.8. The van der Waals surface area contributed by atoms with Crippen molar-refractivity contribution in [3.05, 3.63) is 59.0 Å². The summed E-state index contributed by atoms with van der Waals surface area (Å²) in [6, 6.07) is 8.23. The van der Waals surface area contributed by atoms with Crippen molar-refractivity contribution in [2.45, 2.75) is 26.0 Å². The van der Waals surface area contributed by atoms with Crippen LogP contribution in [0.4, 0.5) is 8.78 Å². The van der Waals surface area contributed by atoms with E-state index in [2.05, 4.69) is 0 Å². The number of hydrogen-bond acceptors (Lipinski definition) is 4. The molecule has 0 aliphatic carbocycles. The fraction of sp³-hybridized carbons (Fsp3) is 0.250. The highest BCUT2D eigenvalue weighted by molar-refractivity contribution is 7.93. The van der Waals surface area contributed by atoms with Crippen LogP contribution < -0.4 is 0 Å². The van der Waals surface area contributed by atoms with Crippen molar-refractivity contribution >= 4 is 37.7 Å². The van der Waals surface area contributed by atoms with Gasteiger partial charge in [-0.1, -0.05) is 0 Å². The number of benzene rings is 2. The molecule has 4 rings (SSSR count). The van der Waals surface area contributed by atoms with Crippen LogP contribution in [0.5, 0.6) is 0 Å². The average molecular weight is 419 g/mol. The molecule has 9 heteroatoms. The number of β-amino-alcohol motifs (C(OH)–C–C–N with tert-alkyl or cyclic N) is 1. The largest absolute Gasteiger partial charge is 0.386 e. The molecule has 1 aliphatic rings. The molecule has 0 saturated carbocycles. The maximum atomic E-state index is 13.8. The van der Waals surface area contributed by atoms with Gasteiger partial charge in [-0.25, -0.2) is 21.5 Å². The Bertz CT molecular complexity index is 1250. The van der Waals surface area contributed by atoms with Gasteiger partial charge in [0.2, 0.25) is 0 Å². The average Bonchev–Trinajstić information content (AvgIpc) is 3.00.